The van der Waals surface area contributed by atoms with Gasteiger partial charge < -0.3 is 15.0 Å². The molecule has 0 radical (unpaired) electrons. The molecule has 210 valence electrons. The number of methoxy groups -OCH3 is 1. The van der Waals surface area contributed by atoms with Gasteiger partial charge in [-0.1, -0.05) is 48.5 Å². The first-order valence-corrected chi connectivity index (χ1v) is 15.4. The van der Waals surface area contributed by atoms with Crippen molar-refractivity contribution in [2.75, 3.05) is 22.9 Å². The van der Waals surface area contributed by atoms with Gasteiger partial charge in [0.25, 0.3) is 15.9 Å². The van der Waals surface area contributed by atoms with E-state index in [0.717, 1.165) is 16.7 Å². The van der Waals surface area contributed by atoms with Gasteiger partial charge in [-0.15, -0.1) is 11.8 Å². The van der Waals surface area contributed by atoms with Gasteiger partial charge in [-0.3, -0.25) is 14.3 Å². The van der Waals surface area contributed by atoms with Gasteiger partial charge >= 0.3 is 0 Å². The van der Waals surface area contributed by atoms with Crippen LogP contribution in [0.1, 0.15) is 32.4 Å². The number of thioether (sulfide) groups is 1. The van der Waals surface area contributed by atoms with Gasteiger partial charge in [0.1, 0.15) is 11.1 Å². The van der Waals surface area contributed by atoms with Gasteiger partial charge in [0.2, 0.25) is 5.91 Å². The maximum atomic E-state index is 12.9. The summed E-state index contributed by atoms with van der Waals surface area (Å²) in [6.07, 6.45) is 0. The summed E-state index contributed by atoms with van der Waals surface area (Å²) in [6.45, 7) is 2.39. The number of rotatable bonds is 9. The van der Waals surface area contributed by atoms with Crippen LogP contribution in [0.2, 0.25) is 0 Å². The van der Waals surface area contributed by atoms with Crippen molar-refractivity contribution < 1.29 is 22.7 Å². The fraction of sp³-hybridized carbons (Fsp3) is 0.161. The Bertz CT molecular complexity index is 1660. The highest BCUT2D eigenvalue weighted by Crippen LogP contribution is 2.39. The molecule has 41 heavy (non-hydrogen) atoms. The molecule has 4 aromatic carbocycles. The Morgan fingerprint density at radius 1 is 0.976 bits per heavy atom. The highest BCUT2D eigenvalue weighted by Gasteiger charge is 2.32. The summed E-state index contributed by atoms with van der Waals surface area (Å²) in [6, 6.07) is 28.2. The fourth-order valence-electron chi connectivity index (χ4n) is 4.51. The Morgan fingerprint density at radius 2 is 1.68 bits per heavy atom. The number of nitrogens with one attached hydrogen (secondary N) is 2. The third-order valence-electron chi connectivity index (χ3n) is 6.64. The number of aryl methyl sites for hydroxylation is 1. The number of amides is 2. The Labute approximate surface area is 243 Å². The van der Waals surface area contributed by atoms with E-state index in [4.69, 9.17) is 4.74 Å². The van der Waals surface area contributed by atoms with Crippen molar-refractivity contribution in [3.05, 3.63) is 119 Å². The van der Waals surface area contributed by atoms with E-state index >= 15 is 0 Å². The molecule has 0 saturated carbocycles. The van der Waals surface area contributed by atoms with E-state index in [1.54, 1.807) is 36.0 Å². The molecule has 1 aliphatic heterocycles. The number of carbonyl (C=O) groups is 2. The van der Waals surface area contributed by atoms with Crippen LogP contribution in [0.4, 0.5) is 11.4 Å². The van der Waals surface area contributed by atoms with Gasteiger partial charge in [-0.25, -0.2) is 8.42 Å². The van der Waals surface area contributed by atoms with Crippen LogP contribution in [0.25, 0.3) is 0 Å². The summed E-state index contributed by atoms with van der Waals surface area (Å²) in [5.41, 5.74) is 4.14. The van der Waals surface area contributed by atoms with Crippen LogP contribution >= 0.6 is 11.8 Å². The van der Waals surface area contributed by atoms with Gasteiger partial charge in [0.15, 0.2) is 0 Å². The minimum absolute atomic E-state index is 0.0482. The van der Waals surface area contributed by atoms with Gasteiger partial charge in [0.05, 0.1) is 23.4 Å². The SMILES string of the molecule is COc1ccc(C)cc1NS(=O)(=O)c1ccc(NC(=O)c2ccc([C@H]3SCC(=O)N3Cc3ccccc3)cc2)cc1. The molecule has 4 aromatic rings. The van der Waals surface area contributed by atoms with E-state index in [-0.39, 0.29) is 22.1 Å². The fourth-order valence-corrected chi connectivity index (χ4v) is 6.76. The Hall–Kier alpha value is -4.28. The van der Waals surface area contributed by atoms with E-state index in [0.29, 0.717) is 35.0 Å². The lowest BCUT2D eigenvalue weighted by Crippen LogP contribution is -2.27. The van der Waals surface area contributed by atoms with Crippen LogP contribution in [0.15, 0.2) is 102 Å². The second-order valence-electron chi connectivity index (χ2n) is 9.58. The van der Waals surface area contributed by atoms with Crippen molar-refractivity contribution in [1.29, 1.82) is 0 Å². The molecule has 1 heterocycles. The molecule has 10 heteroatoms. The maximum Gasteiger partial charge on any atom is 0.262 e. The molecule has 0 bridgehead atoms. The van der Waals surface area contributed by atoms with Gasteiger partial charge in [0, 0.05) is 17.8 Å². The lowest BCUT2D eigenvalue weighted by molar-refractivity contribution is -0.128. The van der Waals surface area contributed by atoms with Crippen molar-refractivity contribution in [2.45, 2.75) is 23.7 Å². The molecule has 5 rings (SSSR count). The highest BCUT2D eigenvalue weighted by atomic mass is 32.2. The lowest BCUT2D eigenvalue weighted by atomic mass is 10.1. The molecule has 0 aromatic heterocycles. The lowest BCUT2D eigenvalue weighted by Gasteiger charge is -2.24. The molecule has 2 N–H and O–H groups in total. The first-order valence-electron chi connectivity index (χ1n) is 12.9. The van der Waals surface area contributed by atoms with Gasteiger partial charge in [-0.2, -0.15) is 0 Å². The van der Waals surface area contributed by atoms with Crippen LogP contribution < -0.4 is 14.8 Å². The largest absolute Gasteiger partial charge is 0.495 e. The smallest absolute Gasteiger partial charge is 0.262 e. The number of benzene rings is 4. The van der Waals surface area contributed by atoms with Gasteiger partial charge in [-0.05, 0) is 72.1 Å². The molecule has 8 nitrogen and oxygen atoms in total. The first kappa shape index (κ1) is 28.3. The van der Waals surface area contributed by atoms with Crippen LogP contribution in [0, 0.1) is 6.92 Å². The molecule has 1 aliphatic rings. The molecule has 1 saturated heterocycles. The average molecular weight is 588 g/mol. The van der Waals surface area contributed by atoms with Crippen LogP contribution in [0.3, 0.4) is 0 Å². The number of carbonyl (C=O) groups excluding carboxylic acids is 2. The summed E-state index contributed by atoms with van der Waals surface area (Å²) in [4.78, 5) is 27.4. The molecule has 1 atom stereocenters. The summed E-state index contributed by atoms with van der Waals surface area (Å²) in [5, 5.41) is 2.68. The molecule has 0 aliphatic carbocycles. The van der Waals surface area contributed by atoms with Crippen molar-refractivity contribution in [3.8, 4) is 5.75 Å². The second kappa shape index (κ2) is 12.1. The maximum absolute atomic E-state index is 12.9. The molecule has 0 spiro atoms. The van der Waals surface area contributed by atoms with Crippen LogP contribution in [-0.2, 0) is 21.4 Å². The van der Waals surface area contributed by atoms with E-state index in [2.05, 4.69) is 10.0 Å². The minimum atomic E-state index is -3.87. The van der Waals surface area contributed by atoms with Crippen LogP contribution in [0.5, 0.6) is 5.75 Å². The van der Waals surface area contributed by atoms with Crippen molar-refractivity contribution in [3.63, 3.8) is 0 Å². The van der Waals surface area contributed by atoms with Crippen molar-refractivity contribution >= 4 is 45.0 Å². The minimum Gasteiger partial charge on any atom is -0.495 e. The number of ether oxygens (including phenoxy) is 1. The van der Waals surface area contributed by atoms with E-state index in [1.807, 2.05) is 60.4 Å². The molecule has 1 fully saturated rings. The molecule has 0 unspecified atom stereocenters. The van der Waals surface area contributed by atoms with E-state index in [1.165, 1.54) is 31.4 Å². The monoisotopic (exact) mass is 587 g/mol. The normalized spacial score (nSPS) is 15.0. The number of hydrogen-bond acceptors (Lipinski definition) is 6. The topological polar surface area (TPSA) is 105 Å². The summed E-state index contributed by atoms with van der Waals surface area (Å²) >= 11 is 1.57. The second-order valence-corrected chi connectivity index (χ2v) is 12.3. The average Bonchev–Trinajstić information content (AvgIpc) is 3.33. The molecule has 2 amide bonds. The standard InChI is InChI=1S/C31H29N3O5S2/c1-21-8-17-28(39-2)27(18-21)33-41(37,38)26-15-13-25(14-16-26)32-30(36)23-9-11-24(12-10-23)31-34(29(35)20-40-31)19-22-6-4-3-5-7-22/h3-18,31,33H,19-20H2,1-2H3,(H,32,36)/t31-/m1/s1. The molecular formula is C31H29N3O5S2. The third kappa shape index (κ3) is 6.55. The number of sulfonamides is 1. The van der Waals surface area contributed by atoms with E-state index in [9.17, 15) is 18.0 Å². The Morgan fingerprint density at radius 3 is 2.37 bits per heavy atom. The zero-order valence-corrected chi connectivity index (χ0v) is 24.2. The van der Waals surface area contributed by atoms with Crippen LogP contribution in [-0.4, -0.2) is 38.0 Å². The zero-order chi connectivity index (χ0) is 29.0. The zero-order valence-electron chi connectivity index (χ0n) is 22.5. The predicted molar refractivity (Wildman–Crippen MR) is 162 cm³/mol. The highest BCUT2D eigenvalue weighted by molar-refractivity contribution is 8.00. The van der Waals surface area contributed by atoms with Crippen molar-refractivity contribution in [2.24, 2.45) is 0 Å². The quantitative estimate of drug-likeness (QED) is 0.255. The number of nitrogens with zero attached hydrogens (tertiary/aromatic N) is 1. The summed E-state index contributed by atoms with van der Waals surface area (Å²) < 4.78 is 33.7. The first-order chi connectivity index (χ1) is 19.7. The number of hydrogen-bond donors (Lipinski definition) is 2. The van der Waals surface area contributed by atoms with E-state index < -0.39 is 10.0 Å². The molecular weight excluding hydrogens is 558 g/mol. The predicted octanol–water partition coefficient (Wildman–Crippen LogP) is 5.83. The summed E-state index contributed by atoms with van der Waals surface area (Å²) in [5.74, 6) is 0.589. The third-order valence-corrected chi connectivity index (χ3v) is 9.28. The summed E-state index contributed by atoms with van der Waals surface area (Å²) in [7, 11) is -2.40. The van der Waals surface area contributed by atoms with Crippen molar-refractivity contribution in [1.82, 2.24) is 4.90 Å². The Balaban J connectivity index is 1.24. The Kier molecular flexibility index (Phi) is 8.32. The number of anilines is 2.